The second-order valence-corrected chi connectivity index (χ2v) is 6.91. The molecule has 3 aromatic rings. The Morgan fingerprint density at radius 1 is 1.13 bits per heavy atom. The van der Waals surface area contributed by atoms with Crippen LogP contribution in [0.5, 0.6) is 0 Å². The van der Waals surface area contributed by atoms with Gasteiger partial charge in [-0.2, -0.15) is 5.10 Å². The molecule has 0 aliphatic heterocycles. The zero-order valence-corrected chi connectivity index (χ0v) is 13.4. The van der Waals surface area contributed by atoms with Crippen LogP contribution in [0.1, 0.15) is 11.1 Å². The zero-order chi connectivity index (χ0) is 16.3. The Labute approximate surface area is 134 Å². The lowest BCUT2D eigenvalue weighted by molar-refractivity contribution is 0.581. The summed E-state index contributed by atoms with van der Waals surface area (Å²) in [6.45, 7) is 2.18. The van der Waals surface area contributed by atoms with Gasteiger partial charge in [-0.1, -0.05) is 23.8 Å². The van der Waals surface area contributed by atoms with Gasteiger partial charge >= 0.3 is 0 Å². The number of sulfonamides is 1. The van der Waals surface area contributed by atoms with Crippen LogP contribution in [-0.4, -0.2) is 23.2 Å². The average Bonchev–Trinajstić information content (AvgIpc) is 3.06. The number of hydrogen-bond donors (Lipinski definition) is 1. The second-order valence-electron chi connectivity index (χ2n) is 5.14. The highest BCUT2D eigenvalue weighted by Crippen LogP contribution is 2.13. The molecule has 1 N–H and O–H groups in total. The molecule has 0 spiro atoms. The summed E-state index contributed by atoms with van der Waals surface area (Å²) in [5.74, 6) is 0. The van der Waals surface area contributed by atoms with Gasteiger partial charge in [0.1, 0.15) is 4.90 Å². The number of hydrogen-bond acceptors (Lipinski definition) is 4. The molecule has 0 bridgehead atoms. The number of aryl methyl sites for hydroxylation is 1. The number of rotatable bonds is 5. The molecule has 1 aromatic carbocycles. The minimum Gasteiger partial charge on any atom is -0.264 e. The van der Waals surface area contributed by atoms with Crippen LogP contribution in [0.2, 0.25) is 0 Å². The molecule has 23 heavy (non-hydrogen) atoms. The fraction of sp³-hybridized carbons (Fsp3) is 0.125. The molecule has 0 radical (unpaired) electrons. The first-order valence-electron chi connectivity index (χ1n) is 7.05. The molecule has 6 nitrogen and oxygen atoms in total. The van der Waals surface area contributed by atoms with E-state index in [1.807, 2.05) is 37.3 Å². The fourth-order valence-electron chi connectivity index (χ4n) is 2.05. The quantitative estimate of drug-likeness (QED) is 0.778. The van der Waals surface area contributed by atoms with Crippen molar-refractivity contribution in [1.82, 2.24) is 19.5 Å². The first kappa shape index (κ1) is 15.4. The number of nitrogens with one attached hydrogen (secondary N) is 1. The molecular formula is C16H16N4O2S. The van der Waals surface area contributed by atoms with E-state index in [9.17, 15) is 8.42 Å². The summed E-state index contributed by atoms with van der Waals surface area (Å²) in [6.07, 6.45) is 6.10. The van der Waals surface area contributed by atoms with E-state index in [4.69, 9.17) is 0 Å². The Balaban J connectivity index is 1.77. The third-order valence-electron chi connectivity index (χ3n) is 3.36. The topological polar surface area (TPSA) is 76.9 Å². The van der Waals surface area contributed by atoms with E-state index in [1.165, 1.54) is 17.1 Å². The van der Waals surface area contributed by atoms with Gasteiger partial charge in [0.25, 0.3) is 0 Å². The lowest BCUT2D eigenvalue weighted by Crippen LogP contribution is -2.22. The van der Waals surface area contributed by atoms with Crippen LogP contribution >= 0.6 is 0 Å². The number of aromatic nitrogens is 3. The predicted molar refractivity (Wildman–Crippen MR) is 86.6 cm³/mol. The molecule has 0 saturated carbocycles. The zero-order valence-electron chi connectivity index (χ0n) is 12.5. The molecule has 0 unspecified atom stereocenters. The van der Waals surface area contributed by atoms with Crippen LogP contribution in [0.25, 0.3) is 5.69 Å². The van der Waals surface area contributed by atoms with Crippen LogP contribution in [0.15, 0.2) is 66.1 Å². The summed E-state index contributed by atoms with van der Waals surface area (Å²) in [7, 11) is -3.61. The summed E-state index contributed by atoms with van der Waals surface area (Å²) in [5, 5.41) is 4.12. The monoisotopic (exact) mass is 328 g/mol. The van der Waals surface area contributed by atoms with Crippen molar-refractivity contribution in [3.05, 3.63) is 72.3 Å². The molecule has 2 heterocycles. The Morgan fingerprint density at radius 3 is 2.61 bits per heavy atom. The van der Waals surface area contributed by atoms with E-state index < -0.39 is 10.0 Å². The molecule has 0 fully saturated rings. The van der Waals surface area contributed by atoms with E-state index >= 15 is 0 Å². The van der Waals surface area contributed by atoms with Gasteiger partial charge in [-0.05, 0) is 30.7 Å². The summed E-state index contributed by atoms with van der Waals surface area (Å²) in [6, 6.07) is 11.3. The third-order valence-corrected chi connectivity index (χ3v) is 4.71. The normalized spacial score (nSPS) is 11.5. The highest BCUT2D eigenvalue weighted by atomic mass is 32.2. The standard InChI is InChI=1S/C16H16N4O2S/c1-13-4-6-15(7-5-13)20-12-16(11-18-20)23(21,22)19-10-14-3-2-8-17-9-14/h2-9,11-12,19H,10H2,1H3. The molecule has 2 aromatic heterocycles. The van der Waals surface area contributed by atoms with Gasteiger partial charge in [-0.3, -0.25) is 4.98 Å². The first-order valence-corrected chi connectivity index (χ1v) is 8.53. The molecule has 3 rings (SSSR count). The molecule has 0 aliphatic carbocycles. The molecule has 0 atom stereocenters. The largest absolute Gasteiger partial charge is 0.264 e. The smallest absolute Gasteiger partial charge is 0.244 e. The van der Waals surface area contributed by atoms with Crippen molar-refractivity contribution in [2.45, 2.75) is 18.4 Å². The maximum atomic E-state index is 12.3. The van der Waals surface area contributed by atoms with E-state index in [2.05, 4.69) is 14.8 Å². The van der Waals surface area contributed by atoms with Crippen LogP contribution in [0.3, 0.4) is 0 Å². The van der Waals surface area contributed by atoms with Crippen molar-refractivity contribution < 1.29 is 8.42 Å². The molecular weight excluding hydrogens is 312 g/mol. The Hall–Kier alpha value is -2.51. The van der Waals surface area contributed by atoms with E-state index in [1.54, 1.807) is 18.5 Å². The Morgan fingerprint density at radius 2 is 1.91 bits per heavy atom. The minimum absolute atomic E-state index is 0.127. The lowest BCUT2D eigenvalue weighted by Gasteiger charge is -2.04. The number of benzene rings is 1. The predicted octanol–water partition coefficient (Wildman–Crippen LogP) is 2.05. The summed E-state index contributed by atoms with van der Waals surface area (Å²) in [4.78, 5) is 4.08. The van der Waals surface area contributed by atoms with Crippen molar-refractivity contribution in [1.29, 1.82) is 0 Å². The Kier molecular flexibility index (Phi) is 4.22. The van der Waals surface area contributed by atoms with Crippen molar-refractivity contribution in [2.75, 3.05) is 0 Å². The SMILES string of the molecule is Cc1ccc(-n2cc(S(=O)(=O)NCc3cccnc3)cn2)cc1. The summed E-state index contributed by atoms with van der Waals surface area (Å²) in [5.41, 5.74) is 2.73. The maximum Gasteiger partial charge on any atom is 0.244 e. The van der Waals surface area contributed by atoms with Crippen LogP contribution in [-0.2, 0) is 16.6 Å². The van der Waals surface area contributed by atoms with Gasteiger partial charge < -0.3 is 0 Å². The highest BCUT2D eigenvalue weighted by Gasteiger charge is 2.16. The first-order chi connectivity index (χ1) is 11.0. The lowest BCUT2D eigenvalue weighted by atomic mass is 10.2. The fourth-order valence-corrected chi connectivity index (χ4v) is 3.00. The maximum absolute atomic E-state index is 12.3. The van der Waals surface area contributed by atoms with Gasteiger partial charge in [0.2, 0.25) is 10.0 Å². The van der Waals surface area contributed by atoms with Crippen molar-refractivity contribution in [2.24, 2.45) is 0 Å². The third kappa shape index (κ3) is 3.64. The highest BCUT2D eigenvalue weighted by molar-refractivity contribution is 7.89. The molecule has 0 aliphatic rings. The second kappa shape index (κ2) is 6.31. The average molecular weight is 328 g/mol. The van der Waals surface area contributed by atoms with Gasteiger partial charge in [-0.15, -0.1) is 0 Å². The van der Waals surface area contributed by atoms with Crippen molar-refractivity contribution in [3.8, 4) is 5.69 Å². The molecule has 118 valence electrons. The van der Waals surface area contributed by atoms with E-state index in [-0.39, 0.29) is 11.4 Å². The van der Waals surface area contributed by atoms with Crippen LogP contribution < -0.4 is 4.72 Å². The number of pyridine rings is 1. The van der Waals surface area contributed by atoms with Crippen LogP contribution in [0, 0.1) is 6.92 Å². The van der Waals surface area contributed by atoms with Crippen molar-refractivity contribution in [3.63, 3.8) is 0 Å². The van der Waals surface area contributed by atoms with Crippen LogP contribution in [0.4, 0.5) is 0 Å². The van der Waals surface area contributed by atoms with Gasteiger partial charge in [0, 0.05) is 18.9 Å². The molecule has 7 heteroatoms. The van der Waals surface area contributed by atoms with Gasteiger partial charge in [-0.25, -0.2) is 17.8 Å². The van der Waals surface area contributed by atoms with E-state index in [0.717, 1.165) is 16.8 Å². The summed E-state index contributed by atoms with van der Waals surface area (Å²) >= 11 is 0. The van der Waals surface area contributed by atoms with Crippen molar-refractivity contribution >= 4 is 10.0 Å². The van der Waals surface area contributed by atoms with Gasteiger partial charge in [0.05, 0.1) is 18.1 Å². The van der Waals surface area contributed by atoms with Gasteiger partial charge in [0.15, 0.2) is 0 Å². The Bertz CT molecular complexity index is 887. The molecule has 0 amide bonds. The number of nitrogens with zero attached hydrogens (tertiary/aromatic N) is 3. The minimum atomic E-state index is -3.61. The summed E-state index contributed by atoms with van der Waals surface area (Å²) < 4.78 is 28.7. The molecule has 0 saturated heterocycles. The van der Waals surface area contributed by atoms with E-state index in [0.29, 0.717) is 0 Å².